The van der Waals surface area contributed by atoms with Crippen LogP contribution in [0.3, 0.4) is 0 Å². The summed E-state index contributed by atoms with van der Waals surface area (Å²) >= 11 is 0. The third-order valence-electron chi connectivity index (χ3n) is 3.69. The molecular weight excluding hydrogens is 338 g/mol. The van der Waals surface area contributed by atoms with Crippen molar-refractivity contribution in [3.8, 4) is 0 Å². The summed E-state index contributed by atoms with van der Waals surface area (Å²) in [4.78, 5) is 27.5. The lowest BCUT2D eigenvalue weighted by atomic mass is 10.1. The van der Waals surface area contributed by atoms with E-state index in [1.54, 1.807) is 22.9 Å². The van der Waals surface area contributed by atoms with Crippen molar-refractivity contribution >= 4 is 39.1 Å². The summed E-state index contributed by atoms with van der Waals surface area (Å²) in [5.41, 5.74) is 2.57. The van der Waals surface area contributed by atoms with Gasteiger partial charge in [0.25, 0.3) is 11.8 Å². The molecule has 0 saturated heterocycles. The molecule has 0 fully saturated rings. The number of anilines is 1. The SMILES string of the molecule is Cc1ccc2c(c1)C(=O)N(c1ccc(SSCC(C)C)cc1)C2=O. The Kier molecular flexibility index (Phi) is 5.01. The lowest BCUT2D eigenvalue weighted by Crippen LogP contribution is -2.29. The molecule has 1 aliphatic heterocycles. The molecule has 0 unspecified atom stereocenters. The molecule has 124 valence electrons. The second-order valence-electron chi connectivity index (χ2n) is 6.25. The summed E-state index contributed by atoms with van der Waals surface area (Å²) in [6.07, 6.45) is 0. The van der Waals surface area contributed by atoms with Crippen LogP contribution in [0.1, 0.15) is 40.1 Å². The number of fused-ring (bicyclic) bond motifs is 1. The Morgan fingerprint density at radius 1 is 0.958 bits per heavy atom. The molecule has 0 saturated carbocycles. The average Bonchev–Trinajstić information content (AvgIpc) is 2.79. The molecule has 0 N–H and O–H groups in total. The number of amides is 2. The van der Waals surface area contributed by atoms with E-state index in [0.29, 0.717) is 22.7 Å². The second-order valence-corrected chi connectivity index (χ2v) is 8.66. The number of carbonyl (C=O) groups is 2. The third-order valence-corrected chi connectivity index (χ3v) is 6.42. The van der Waals surface area contributed by atoms with E-state index in [4.69, 9.17) is 0 Å². The standard InChI is InChI=1S/C19H19NO2S2/c1-12(2)11-23-24-15-7-5-14(6-8-15)20-18(21)16-9-4-13(3)10-17(16)19(20)22/h4-10,12H,11H2,1-3H3. The maximum atomic E-state index is 12.6. The molecule has 1 heterocycles. The number of nitrogens with zero attached hydrogens (tertiary/aromatic N) is 1. The van der Waals surface area contributed by atoms with Crippen molar-refractivity contribution < 1.29 is 9.59 Å². The molecule has 5 heteroatoms. The van der Waals surface area contributed by atoms with Crippen LogP contribution >= 0.6 is 21.6 Å². The third kappa shape index (κ3) is 3.37. The number of rotatable bonds is 5. The van der Waals surface area contributed by atoms with Crippen LogP contribution in [0.2, 0.25) is 0 Å². The smallest absolute Gasteiger partial charge is 0.266 e. The highest BCUT2D eigenvalue weighted by Crippen LogP contribution is 2.35. The Bertz CT molecular complexity index is 784. The van der Waals surface area contributed by atoms with Crippen LogP contribution in [0.5, 0.6) is 0 Å². The number of carbonyl (C=O) groups excluding carboxylic acids is 2. The quantitative estimate of drug-likeness (QED) is 0.545. The number of hydrogen-bond donors (Lipinski definition) is 0. The molecule has 2 aromatic rings. The van der Waals surface area contributed by atoms with Gasteiger partial charge in [0.05, 0.1) is 16.8 Å². The Labute approximate surface area is 150 Å². The number of benzene rings is 2. The number of imide groups is 1. The highest BCUT2D eigenvalue weighted by molar-refractivity contribution is 8.76. The van der Waals surface area contributed by atoms with Gasteiger partial charge in [0, 0.05) is 10.6 Å². The minimum Gasteiger partial charge on any atom is -0.268 e. The zero-order valence-electron chi connectivity index (χ0n) is 13.9. The van der Waals surface area contributed by atoms with Crippen LogP contribution < -0.4 is 4.90 Å². The van der Waals surface area contributed by atoms with E-state index >= 15 is 0 Å². The van der Waals surface area contributed by atoms with Crippen LogP contribution in [-0.2, 0) is 0 Å². The van der Waals surface area contributed by atoms with Gasteiger partial charge in [-0.3, -0.25) is 9.59 Å². The van der Waals surface area contributed by atoms with Crippen LogP contribution in [0, 0.1) is 12.8 Å². The van der Waals surface area contributed by atoms with Crippen molar-refractivity contribution in [2.45, 2.75) is 25.7 Å². The molecule has 0 bridgehead atoms. The average molecular weight is 358 g/mol. The van der Waals surface area contributed by atoms with E-state index in [1.807, 2.05) is 48.0 Å². The summed E-state index contributed by atoms with van der Waals surface area (Å²) in [6, 6.07) is 13.0. The van der Waals surface area contributed by atoms with Crippen molar-refractivity contribution in [1.29, 1.82) is 0 Å². The molecular formula is C19H19NO2S2. The van der Waals surface area contributed by atoms with Gasteiger partial charge in [-0.05, 0) is 49.2 Å². The van der Waals surface area contributed by atoms with E-state index in [0.717, 1.165) is 16.2 Å². The minimum atomic E-state index is -0.246. The zero-order chi connectivity index (χ0) is 17.3. The first-order valence-corrected chi connectivity index (χ1v) is 10.2. The molecule has 3 rings (SSSR count). The van der Waals surface area contributed by atoms with Crippen molar-refractivity contribution in [1.82, 2.24) is 0 Å². The Hall–Kier alpha value is -1.72. The van der Waals surface area contributed by atoms with Crippen LogP contribution in [0.15, 0.2) is 47.4 Å². The maximum absolute atomic E-state index is 12.6. The Morgan fingerprint density at radius 2 is 1.62 bits per heavy atom. The van der Waals surface area contributed by atoms with Crippen LogP contribution in [-0.4, -0.2) is 17.6 Å². The van der Waals surface area contributed by atoms with Crippen molar-refractivity contribution in [2.75, 3.05) is 10.7 Å². The first-order chi connectivity index (χ1) is 11.5. The molecule has 2 amide bonds. The van der Waals surface area contributed by atoms with Gasteiger partial charge in [0.15, 0.2) is 0 Å². The van der Waals surface area contributed by atoms with Gasteiger partial charge in [-0.15, -0.1) is 0 Å². The highest BCUT2D eigenvalue weighted by atomic mass is 33.1. The van der Waals surface area contributed by atoms with Crippen molar-refractivity contribution in [3.63, 3.8) is 0 Å². The van der Waals surface area contributed by atoms with Gasteiger partial charge in [0.2, 0.25) is 0 Å². The highest BCUT2D eigenvalue weighted by Gasteiger charge is 2.36. The normalized spacial score (nSPS) is 13.8. The van der Waals surface area contributed by atoms with E-state index < -0.39 is 0 Å². The van der Waals surface area contributed by atoms with Crippen molar-refractivity contribution in [2.24, 2.45) is 5.92 Å². The van der Waals surface area contributed by atoms with Crippen molar-refractivity contribution in [3.05, 3.63) is 59.2 Å². The fourth-order valence-electron chi connectivity index (χ4n) is 2.48. The molecule has 3 nitrogen and oxygen atoms in total. The van der Waals surface area contributed by atoms with Crippen LogP contribution in [0.4, 0.5) is 5.69 Å². The van der Waals surface area contributed by atoms with Gasteiger partial charge >= 0.3 is 0 Å². The lowest BCUT2D eigenvalue weighted by Gasteiger charge is -2.14. The van der Waals surface area contributed by atoms with E-state index in [9.17, 15) is 9.59 Å². The van der Waals surface area contributed by atoms with E-state index in [-0.39, 0.29) is 11.8 Å². The van der Waals surface area contributed by atoms with Gasteiger partial charge in [-0.1, -0.05) is 47.1 Å². The summed E-state index contributed by atoms with van der Waals surface area (Å²) in [6.45, 7) is 6.31. The number of aryl methyl sites for hydroxylation is 1. The summed E-state index contributed by atoms with van der Waals surface area (Å²) in [7, 11) is 3.53. The topological polar surface area (TPSA) is 37.4 Å². The fraction of sp³-hybridized carbons (Fsp3) is 0.263. The minimum absolute atomic E-state index is 0.242. The fourth-order valence-corrected chi connectivity index (χ4v) is 4.96. The summed E-state index contributed by atoms with van der Waals surface area (Å²) in [5, 5.41) is 0. The van der Waals surface area contributed by atoms with Crippen LogP contribution in [0.25, 0.3) is 0 Å². The van der Waals surface area contributed by atoms with E-state index in [1.165, 1.54) is 4.90 Å². The summed E-state index contributed by atoms with van der Waals surface area (Å²) in [5.74, 6) is 1.26. The zero-order valence-corrected chi connectivity index (χ0v) is 15.5. The summed E-state index contributed by atoms with van der Waals surface area (Å²) < 4.78 is 0. The van der Waals surface area contributed by atoms with Gasteiger partial charge in [-0.25, -0.2) is 4.90 Å². The first-order valence-electron chi connectivity index (χ1n) is 7.86. The Morgan fingerprint density at radius 3 is 2.29 bits per heavy atom. The monoisotopic (exact) mass is 357 g/mol. The molecule has 0 spiro atoms. The number of hydrogen-bond acceptors (Lipinski definition) is 4. The maximum Gasteiger partial charge on any atom is 0.266 e. The molecule has 1 aliphatic rings. The molecule has 0 atom stereocenters. The Balaban J connectivity index is 1.78. The molecule has 2 aromatic carbocycles. The van der Waals surface area contributed by atoms with E-state index in [2.05, 4.69) is 13.8 Å². The molecule has 0 radical (unpaired) electrons. The molecule has 24 heavy (non-hydrogen) atoms. The lowest BCUT2D eigenvalue weighted by molar-refractivity contribution is 0.0926. The second kappa shape index (κ2) is 7.03. The largest absolute Gasteiger partial charge is 0.268 e. The van der Waals surface area contributed by atoms with Gasteiger partial charge in [0.1, 0.15) is 0 Å². The predicted molar refractivity (Wildman–Crippen MR) is 102 cm³/mol. The predicted octanol–water partition coefficient (Wildman–Crippen LogP) is 5.19. The molecule has 0 aromatic heterocycles. The molecule has 0 aliphatic carbocycles. The van der Waals surface area contributed by atoms with Gasteiger partial charge in [-0.2, -0.15) is 0 Å². The van der Waals surface area contributed by atoms with Gasteiger partial charge < -0.3 is 0 Å². The first kappa shape index (κ1) is 17.1.